The van der Waals surface area contributed by atoms with Crippen LogP contribution in [0.15, 0.2) is 42.5 Å². The van der Waals surface area contributed by atoms with E-state index in [1.807, 2.05) is 23.1 Å². The van der Waals surface area contributed by atoms with Crippen molar-refractivity contribution in [3.8, 4) is 0 Å². The Kier molecular flexibility index (Phi) is 5.65. The van der Waals surface area contributed by atoms with Crippen LogP contribution < -0.4 is 4.90 Å². The SMILES string of the molecule is O=C(c1ccc(Cl)cc1N1CCCC1=O)N1CCN(Cc2nc3ccccc3s2)CC1. The number of para-hydroxylation sites is 1. The van der Waals surface area contributed by atoms with Crippen molar-refractivity contribution in [2.75, 3.05) is 37.6 Å². The molecule has 0 unspecified atom stereocenters. The molecule has 2 aliphatic heterocycles. The molecule has 2 amide bonds. The lowest BCUT2D eigenvalue weighted by molar-refractivity contribution is -0.117. The third-order valence-corrected chi connectivity index (χ3v) is 7.17. The zero-order chi connectivity index (χ0) is 21.4. The highest BCUT2D eigenvalue weighted by molar-refractivity contribution is 7.18. The Labute approximate surface area is 190 Å². The molecule has 0 spiro atoms. The molecule has 2 aromatic carbocycles. The number of rotatable bonds is 4. The lowest BCUT2D eigenvalue weighted by atomic mass is 10.1. The first-order valence-electron chi connectivity index (χ1n) is 10.5. The highest BCUT2D eigenvalue weighted by atomic mass is 35.5. The fourth-order valence-corrected chi connectivity index (χ4v) is 5.45. The lowest BCUT2D eigenvalue weighted by Crippen LogP contribution is -2.48. The van der Waals surface area contributed by atoms with Gasteiger partial charge in [-0.15, -0.1) is 11.3 Å². The predicted octanol–water partition coefficient (Wildman–Crippen LogP) is 4.03. The van der Waals surface area contributed by atoms with E-state index in [-0.39, 0.29) is 11.8 Å². The van der Waals surface area contributed by atoms with E-state index >= 15 is 0 Å². The standard InChI is InChI=1S/C23H23ClN4O2S/c24-16-7-8-17(19(14-16)28-9-3-6-22(28)29)23(30)27-12-10-26(11-13-27)15-21-25-18-4-1-2-5-20(18)31-21/h1-2,4-5,7-8,14H,3,6,9-13,15H2. The molecule has 5 rings (SSSR count). The zero-order valence-corrected chi connectivity index (χ0v) is 18.7. The number of hydrogen-bond donors (Lipinski definition) is 0. The van der Waals surface area contributed by atoms with Crippen LogP contribution in [0.5, 0.6) is 0 Å². The van der Waals surface area contributed by atoms with Gasteiger partial charge in [0.25, 0.3) is 5.91 Å². The van der Waals surface area contributed by atoms with Crippen molar-refractivity contribution in [3.63, 3.8) is 0 Å². The van der Waals surface area contributed by atoms with Gasteiger partial charge in [0.2, 0.25) is 5.91 Å². The van der Waals surface area contributed by atoms with Crippen LogP contribution in [0.3, 0.4) is 0 Å². The molecule has 0 saturated carbocycles. The van der Waals surface area contributed by atoms with Crippen LogP contribution in [-0.4, -0.2) is 59.3 Å². The maximum atomic E-state index is 13.3. The molecule has 8 heteroatoms. The second-order valence-electron chi connectivity index (χ2n) is 7.95. The molecular formula is C23H23ClN4O2S. The topological polar surface area (TPSA) is 56.8 Å². The molecule has 0 N–H and O–H groups in total. The molecule has 3 heterocycles. The number of aromatic nitrogens is 1. The molecular weight excluding hydrogens is 432 g/mol. The molecule has 1 aromatic heterocycles. The minimum Gasteiger partial charge on any atom is -0.336 e. The Morgan fingerprint density at radius 1 is 1.06 bits per heavy atom. The molecule has 6 nitrogen and oxygen atoms in total. The number of amides is 2. The van der Waals surface area contributed by atoms with E-state index in [2.05, 4.69) is 11.0 Å². The number of halogens is 1. The summed E-state index contributed by atoms with van der Waals surface area (Å²) < 4.78 is 1.21. The van der Waals surface area contributed by atoms with Crippen LogP contribution >= 0.6 is 22.9 Å². The average molecular weight is 455 g/mol. The molecule has 0 atom stereocenters. The van der Waals surface area contributed by atoms with Crippen molar-refractivity contribution in [2.45, 2.75) is 19.4 Å². The van der Waals surface area contributed by atoms with Gasteiger partial charge in [0.05, 0.1) is 28.0 Å². The number of carbonyl (C=O) groups excluding carboxylic acids is 2. The maximum Gasteiger partial charge on any atom is 0.256 e. The van der Waals surface area contributed by atoms with Gasteiger partial charge in [0, 0.05) is 44.2 Å². The molecule has 31 heavy (non-hydrogen) atoms. The second-order valence-corrected chi connectivity index (χ2v) is 9.51. The molecule has 0 aliphatic carbocycles. The van der Waals surface area contributed by atoms with E-state index in [0.29, 0.717) is 42.3 Å². The first-order valence-corrected chi connectivity index (χ1v) is 11.7. The summed E-state index contributed by atoms with van der Waals surface area (Å²) in [6, 6.07) is 13.4. The van der Waals surface area contributed by atoms with E-state index in [9.17, 15) is 9.59 Å². The van der Waals surface area contributed by atoms with Gasteiger partial charge in [0.1, 0.15) is 5.01 Å². The summed E-state index contributed by atoms with van der Waals surface area (Å²) in [6.45, 7) is 4.34. The Morgan fingerprint density at radius 3 is 2.61 bits per heavy atom. The minimum atomic E-state index is -0.0361. The number of benzene rings is 2. The van der Waals surface area contributed by atoms with E-state index in [4.69, 9.17) is 16.6 Å². The van der Waals surface area contributed by atoms with Gasteiger partial charge in [-0.3, -0.25) is 14.5 Å². The van der Waals surface area contributed by atoms with E-state index in [1.54, 1.807) is 34.4 Å². The van der Waals surface area contributed by atoms with Crippen molar-refractivity contribution in [3.05, 3.63) is 58.1 Å². The quantitative estimate of drug-likeness (QED) is 0.597. The number of nitrogens with zero attached hydrogens (tertiary/aromatic N) is 4. The van der Waals surface area contributed by atoms with E-state index in [1.165, 1.54) is 4.70 Å². The Morgan fingerprint density at radius 2 is 1.87 bits per heavy atom. The molecule has 160 valence electrons. The Hall–Kier alpha value is -2.48. The summed E-state index contributed by atoms with van der Waals surface area (Å²) in [4.78, 5) is 36.2. The third kappa shape index (κ3) is 4.18. The van der Waals surface area contributed by atoms with Crippen LogP contribution in [0.2, 0.25) is 5.02 Å². The molecule has 0 radical (unpaired) electrons. The zero-order valence-electron chi connectivity index (χ0n) is 17.1. The summed E-state index contributed by atoms with van der Waals surface area (Å²) in [7, 11) is 0. The normalized spacial score (nSPS) is 17.6. The Balaban J connectivity index is 1.26. The average Bonchev–Trinajstić information content (AvgIpc) is 3.39. The number of hydrogen-bond acceptors (Lipinski definition) is 5. The first kappa shape index (κ1) is 20.4. The smallest absolute Gasteiger partial charge is 0.256 e. The van der Waals surface area contributed by atoms with Crippen molar-refractivity contribution in [2.24, 2.45) is 0 Å². The maximum absolute atomic E-state index is 13.3. The number of thiazole rings is 1. The number of carbonyl (C=O) groups is 2. The Bertz CT molecular complexity index is 1110. The van der Waals surface area contributed by atoms with Crippen LogP contribution in [0.4, 0.5) is 5.69 Å². The summed E-state index contributed by atoms with van der Waals surface area (Å²) in [5.74, 6) is 0.0166. The number of fused-ring (bicyclic) bond motifs is 1. The van der Waals surface area contributed by atoms with Gasteiger partial charge in [-0.05, 0) is 36.8 Å². The summed E-state index contributed by atoms with van der Waals surface area (Å²) in [6.07, 6.45) is 1.33. The predicted molar refractivity (Wildman–Crippen MR) is 124 cm³/mol. The van der Waals surface area contributed by atoms with Crippen molar-refractivity contribution in [1.29, 1.82) is 0 Å². The van der Waals surface area contributed by atoms with Crippen molar-refractivity contribution >= 4 is 50.7 Å². The second kappa shape index (κ2) is 8.57. The van der Waals surface area contributed by atoms with Crippen LogP contribution in [0, 0.1) is 0 Å². The summed E-state index contributed by atoms with van der Waals surface area (Å²) in [5, 5.41) is 1.64. The minimum absolute atomic E-state index is 0.0361. The van der Waals surface area contributed by atoms with Crippen LogP contribution in [0.25, 0.3) is 10.2 Å². The van der Waals surface area contributed by atoms with Crippen LogP contribution in [-0.2, 0) is 11.3 Å². The van der Waals surface area contributed by atoms with E-state index in [0.717, 1.165) is 36.6 Å². The molecule has 2 saturated heterocycles. The molecule has 2 aliphatic rings. The van der Waals surface area contributed by atoms with Gasteiger partial charge in [-0.2, -0.15) is 0 Å². The lowest BCUT2D eigenvalue weighted by Gasteiger charge is -2.35. The van der Waals surface area contributed by atoms with Gasteiger partial charge >= 0.3 is 0 Å². The van der Waals surface area contributed by atoms with Crippen molar-refractivity contribution in [1.82, 2.24) is 14.8 Å². The number of piperazine rings is 1. The van der Waals surface area contributed by atoms with E-state index < -0.39 is 0 Å². The fourth-order valence-electron chi connectivity index (χ4n) is 4.27. The summed E-state index contributed by atoms with van der Waals surface area (Å²) >= 11 is 7.91. The molecule has 2 fully saturated rings. The fraction of sp³-hybridized carbons (Fsp3) is 0.348. The molecule has 0 bridgehead atoms. The monoisotopic (exact) mass is 454 g/mol. The highest BCUT2D eigenvalue weighted by Gasteiger charge is 2.29. The largest absolute Gasteiger partial charge is 0.336 e. The third-order valence-electron chi connectivity index (χ3n) is 5.91. The first-order chi connectivity index (χ1) is 15.1. The van der Waals surface area contributed by atoms with Gasteiger partial charge in [-0.25, -0.2) is 4.98 Å². The van der Waals surface area contributed by atoms with Crippen molar-refractivity contribution < 1.29 is 9.59 Å². The van der Waals surface area contributed by atoms with Crippen LogP contribution in [0.1, 0.15) is 28.2 Å². The number of anilines is 1. The van der Waals surface area contributed by atoms with Gasteiger partial charge in [0.15, 0.2) is 0 Å². The molecule has 3 aromatic rings. The summed E-state index contributed by atoms with van der Waals surface area (Å²) in [5.41, 5.74) is 2.24. The van der Waals surface area contributed by atoms with Gasteiger partial charge in [-0.1, -0.05) is 23.7 Å². The highest BCUT2D eigenvalue weighted by Crippen LogP contribution is 2.30. The van der Waals surface area contributed by atoms with Gasteiger partial charge < -0.3 is 9.80 Å².